The highest BCUT2D eigenvalue weighted by Crippen LogP contribution is 2.42. The van der Waals surface area contributed by atoms with Crippen LogP contribution in [0.2, 0.25) is 0 Å². The summed E-state index contributed by atoms with van der Waals surface area (Å²) in [5.74, 6) is 1.58. The zero-order valence-corrected chi connectivity index (χ0v) is 12.8. The quantitative estimate of drug-likeness (QED) is 0.846. The third-order valence-corrected chi connectivity index (χ3v) is 6.33. The molecule has 0 aromatic heterocycles. The van der Waals surface area contributed by atoms with Gasteiger partial charge in [-0.1, -0.05) is 26.7 Å². The number of hydrogen-bond acceptors (Lipinski definition) is 3. The molecule has 110 valence electrons. The van der Waals surface area contributed by atoms with Crippen LogP contribution in [0.15, 0.2) is 0 Å². The molecule has 1 saturated heterocycles. The van der Waals surface area contributed by atoms with Crippen LogP contribution in [0.3, 0.4) is 0 Å². The standard InChI is InChI=1S/C16H31N3/c1-13-4-3-7-16(12-17,14(13)2)19-10-8-18(9-11-19)15-5-6-15/h13-15H,3-12,17H2,1-2H3. The number of nitrogens with two attached hydrogens (primary N) is 1. The van der Waals surface area contributed by atoms with Crippen molar-refractivity contribution >= 4 is 0 Å². The summed E-state index contributed by atoms with van der Waals surface area (Å²) in [6.07, 6.45) is 6.96. The molecular formula is C16H31N3. The van der Waals surface area contributed by atoms with Gasteiger partial charge in [-0.15, -0.1) is 0 Å². The van der Waals surface area contributed by atoms with Gasteiger partial charge in [0.1, 0.15) is 0 Å². The Bertz CT molecular complexity index is 307. The smallest absolute Gasteiger partial charge is 0.0360 e. The van der Waals surface area contributed by atoms with Gasteiger partial charge in [-0.05, 0) is 31.1 Å². The van der Waals surface area contributed by atoms with E-state index < -0.39 is 0 Å². The number of hydrogen-bond donors (Lipinski definition) is 1. The molecule has 3 fully saturated rings. The molecule has 0 aromatic rings. The van der Waals surface area contributed by atoms with E-state index in [0.29, 0.717) is 5.54 Å². The van der Waals surface area contributed by atoms with Gasteiger partial charge in [0.15, 0.2) is 0 Å². The van der Waals surface area contributed by atoms with E-state index in [9.17, 15) is 0 Å². The van der Waals surface area contributed by atoms with Crippen molar-refractivity contribution in [2.75, 3.05) is 32.7 Å². The second-order valence-electron chi connectivity index (χ2n) is 7.22. The Morgan fingerprint density at radius 2 is 1.74 bits per heavy atom. The topological polar surface area (TPSA) is 32.5 Å². The van der Waals surface area contributed by atoms with E-state index in [1.54, 1.807) is 0 Å². The normalized spacial score (nSPS) is 42.5. The van der Waals surface area contributed by atoms with Crippen molar-refractivity contribution in [3.8, 4) is 0 Å². The summed E-state index contributed by atoms with van der Waals surface area (Å²) in [6.45, 7) is 10.7. The number of rotatable bonds is 3. The van der Waals surface area contributed by atoms with Crippen molar-refractivity contribution in [1.82, 2.24) is 9.80 Å². The van der Waals surface area contributed by atoms with Gasteiger partial charge in [-0.3, -0.25) is 9.80 Å². The zero-order chi connectivity index (χ0) is 13.5. The first-order valence-corrected chi connectivity index (χ1v) is 8.36. The number of piperazine rings is 1. The largest absolute Gasteiger partial charge is 0.329 e. The van der Waals surface area contributed by atoms with Gasteiger partial charge in [0.05, 0.1) is 0 Å². The molecule has 0 radical (unpaired) electrons. The van der Waals surface area contributed by atoms with Crippen LogP contribution in [-0.4, -0.2) is 54.1 Å². The van der Waals surface area contributed by atoms with E-state index in [-0.39, 0.29) is 0 Å². The summed E-state index contributed by atoms with van der Waals surface area (Å²) in [7, 11) is 0. The second kappa shape index (κ2) is 5.34. The minimum atomic E-state index is 0.299. The van der Waals surface area contributed by atoms with Crippen LogP contribution in [0.4, 0.5) is 0 Å². The van der Waals surface area contributed by atoms with Crippen LogP contribution in [-0.2, 0) is 0 Å². The predicted molar refractivity (Wildman–Crippen MR) is 80.1 cm³/mol. The Morgan fingerprint density at radius 3 is 2.32 bits per heavy atom. The first-order chi connectivity index (χ1) is 9.17. The summed E-state index contributed by atoms with van der Waals surface area (Å²) in [4.78, 5) is 5.46. The zero-order valence-electron chi connectivity index (χ0n) is 12.8. The van der Waals surface area contributed by atoms with Gasteiger partial charge >= 0.3 is 0 Å². The Labute approximate surface area is 118 Å². The average Bonchev–Trinajstić information content (AvgIpc) is 3.27. The van der Waals surface area contributed by atoms with Crippen LogP contribution >= 0.6 is 0 Å². The highest BCUT2D eigenvalue weighted by atomic mass is 15.3. The van der Waals surface area contributed by atoms with Crippen LogP contribution in [0.25, 0.3) is 0 Å². The van der Waals surface area contributed by atoms with E-state index in [0.717, 1.165) is 24.4 Å². The maximum absolute atomic E-state index is 6.27. The van der Waals surface area contributed by atoms with E-state index >= 15 is 0 Å². The van der Waals surface area contributed by atoms with E-state index in [4.69, 9.17) is 5.73 Å². The Balaban J connectivity index is 1.67. The Morgan fingerprint density at radius 1 is 1.05 bits per heavy atom. The van der Waals surface area contributed by atoms with Crippen LogP contribution in [0.1, 0.15) is 46.0 Å². The van der Waals surface area contributed by atoms with Crippen molar-refractivity contribution < 1.29 is 0 Å². The maximum atomic E-state index is 6.27. The number of nitrogens with zero attached hydrogens (tertiary/aromatic N) is 2. The fourth-order valence-electron chi connectivity index (χ4n) is 4.57. The molecule has 2 aliphatic carbocycles. The van der Waals surface area contributed by atoms with Gasteiger partial charge in [0, 0.05) is 44.3 Å². The monoisotopic (exact) mass is 265 g/mol. The summed E-state index contributed by atoms with van der Waals surface area (Å²) < 4.78 is 0. The molecule has 0 amide bonds. The first-order valence-electron chi connectivity index (χ1n) is 8.36. The lowest BCUT2D eigenvalue weighted by atomic mass is 9.67. The van der Waals surface area contributed by atoms with E-state index in [1.165, 1.54) is 58.3 Å². The summed E-state index contributed by atoms with van der Waals surface area (Å²) in [5.41, 5.74) is 6.57. The van der Waals surface area contributed by atoms with Gasteiger partial charge < -0.3 is 5.73 Å². The Kier molecular flexibility index (Phi) is 3.89. The molecule has 19 heavy (non-hydrogen) atoms. The SMILES string of the molecule is CC1CCCC(CN)(N2CCN(C3CC3)CC2)C1C. The molecule has 3 unspecified atom stereocenters. The summed E-state index contributed by atoms with van der Waals surface area (Å²) in [6, 6.07) is 0.929. The molecule has 3 aliphatic rings. The second-order valence-corrected chi connectivity index (χ2v) is 7.22. The van der Waals surface area contributed by atoms with Crippen molar-refractivity contribution in [3.05, 3.63) is 0 Å². The van der Waals surface area contributed by atoms with Gasteiger partial charge in [-0.25, -0.2) is 0 Å². The lowest BCUT2D eigenvalue weighted by Gasteiger charge is -2.54. The average molecular weight is 265 g/mol. The van der Waals surface area contributed by atoms with Gasteiger partial charge in [0.25, 0.3) is 0 Å². The van der Waals surface area contributed by atoms with E-state index in [1.807, 2.05) is 0 Å². The minimum Gasteiger partial charge on any atom is -0.329 e. The molecule has 3 nitrogen and oxygen atoms in total. The fourth-order valence-corrected chi connectivity index (χ4v) is 4.57. The van der Waals surface area contributed by atoms with Crippen LogP contribution in [0.5, 0.6) is 0 Å². The highest BCUT2D eigenvalue weighted by molar-refractivity contribution is 5.02. The summed E-state index contributed by atoms with van der Waals surface area (Å²) >= 11 is 0. The van der Waals surface area contributed by atoms with E-state index in [2.05, 4.69) is 23.6 Å². The molecule has 3 atom stereocenters. The van der Waals surface area contributed by atoms with Gasteiger partial charge in [-0.2, -0.15) is 0 Å². The lowest BCUT2D eigenvalue weighted by Crippen LogP contribution is -2.65. The van der Waals surface area contributed by atoms with Crippen LogP contribution in [0, 0.1) is 11.8 Å². The predicted octanol–water partition coefficient (Wildman–Crippen LogP) is 1.92. The van der Waals surface area contributed by atoms with Crippen molar-refractivity contribution in [2.45, 2.75) is 57.5 Å². The van der Waals surface area contributed by atoms with Crippen molar-refractivity contribution in [2.24, 2.45) is 17.6 Å². The molecule has 2 saturated carbocycles. The molecule has 0 spiro atoms. The maximum Gasteiger partial charge on any atom is 0.0360 e. The fraction of sp³-hybridized carbons (Fsp3) is 1.00. The van der Waals surface area contributed by atoms with Crippen molar-refractivity contribution in [3.63, 3.8) is 0 Å². The lowest BCUT2D eigenvalue weighted by molar-refractivity contribution is -0.0382. The third kappa shape index (κ3) is 2.45. The first kappa shape index (κ1) is 13.8. The van der Waals surface area contributed by atoms with Crippen LogP contribution < -0.4 is 5.73 Å². The molecule has 0 bridgehead atoms. The molecule has 3 heteroatoms. The molecule has 3 rings (SSSR count). The summed E-state index contributed by atoms with van der Waals surface area (Å²) in [5, 5.41) is 0. The minimum absolute atomic E-state index is 0.299. The third-order valence-electron chi connectivity index (χ3n) is 6.33. The molecular weight excluding hydrogens is 234 g/mol. The highest BCUT2D eigenvalue weighted by Gasteiger charge is 2.46. The molecule has 1 aliphatic heterocycles. The van der Waals surface area contributed by atoms with Gasteiger partial charge in [0.2, 0.25) is 0 Å². The van der Waals surface area contributed by atoms with Crippen molar-refractivity contribution in [1.29, 1.82) is 0 Å². The molecule has 1 heterocycles. The molecule has 0 aromatic carbocycles. The Hall–Kier alpha value is -0.120. The molecule has 2 N–H and O–H groups in total.